The smallest absolute Gasteiger partial charge is 0.196 e. The first-order valence-corrected chi connectivity index (χ1v) is 7.83. The minimum absolute atomic E-state index is 0.215. The third-order valence-electron chi connectivity index (χ3n) is 4.78. The fourth-order valence-corrected chi connectivity index (χ4v) is 3.39. The van der Waals surface area contributed by atoms with Gasteiger partial charge in [0.1, 0.15) is 5.52 Å². The number of hydrogen-bond acceptors (Lipinski definition) is 3. The van der Waals surface area contributed by atoms with Gasteiger partial charge in [0.25, 0.3) is 0 Å². The summed E-state index contributed by atoms with van der Waals surface area (Å²) in [5.41, 5.74) is 9.47. The van der Waals surface area contributed by atoms with E-state index in [2.05, 4.69) is 24.0 Å². The zero-order chi connectivity index (χ0) is 14.0. The molecule has 1 saturated carbocycles. The topological polar surface area (TPSA) is 52.0 Å². The molecule has 3 heteroatoms. The van der Waals surface area contributed by atoms with Gasteiger partial charge in [0.15, 0.2) is 11.5 Å². The molecule has 108 valence electrons. The van der Waals surface area contributed by atoms with Crippen LogP contribution in [0.2, 0.25) is 0 Å². The lowest BCUT2D eigenvalue weighted by Gasteiger charge is -2.35. The van der Waals surface area contributed by atoms with E-state index in [9.17, 15) is 0 Å². The molecule has 1 fully saturated rings. The molecular weight excluding hydrogens is 248 g/mol. The van der Waals surface area contributed by atoms with E-state index >= 15 is 0 Å². The van der Waals surface area contributed by atoms with Crippen molar-refractivity contribution in [2.24, 2.45) is 11.1 Å². The van der Waals surface area contributed by atoms with Crippen LogP contribution in [0.3, 0.4) is 0 Å². The molecule has 0 spiro atoms. The zero-order valence-corrected chi connectivity index (χ0v) is 12.3. The maximum Gasteiger partial charge on any atom is 0.196 e. The van der Waals surface area contributed by atoms with Gasteiger partial charge in [-0.2, -0.15) is 0 Å². The van der Waals surface area contributed by atoms with Gasteiger partial charge < -0.3 is 10.2 Å². The van der Waals surface area contributed by atoms with Gasteiger partial charge in [-0.3, -0.25) is 0 Å². The van der Waals surface area contributed by atoms with Crippen LogP contribution in [0.15, 0.2) is 22.6 Å². The quantitative estimate of drug-likeness (QED) is 0.920. The highest BCUT2D eigenvalue weighted by atomic mass is 16.3. The molecule has 0 unspecified atom stereocenters. The van der Waals surface area contributed by atoms with Crippen LogP contribution in [0.1, 0.15) is 50.5 Å². The highest BCUT2D eigenvalue weighted by Crippen LogP contribution is 2.38. The maximum absolute atomic E-state index is 6.06. The summed E-state index contributed by atoms with van der Waals surface area (Å²) in [4.78, 5) is 4.69. The third-order valence-corrected chi connectivity index (χ3v) is 4.78. The minimum atomic E-state index is 0.215. The van der Waals surface area contributed by atoms with Crippen LogP contribution in [0.25, 0.3) is 11.1 Å². The fraction of sp³-hybridized carbons (Fsp3) is 0.588. The van der Waals surface area contributed by atoms with E-state index in [0.29, 0.717) is 0 Å². The highest BCUT2D eigenvalue weighted by molar-refractivity contribution is 5.73. The normalized spacial score (nSPS) is 18.5. The third kappa shape index (κ3) is 2.59. The van der Waals surface area contributed by atoms with E-state index in [0.717, 1.165) is 36.4 Å². The van der Waals surface area contributed by atoms with Gasteiger partial charge in [0, 0.05) is 6.42 Å². The van der Waals surface area contributed by atoms with E-state index in [1.165, 1.54) is 37.7 Å². The van der Waals surface area contributed by atoms with E-state index in [4.69, 9.17) is 10.2 Å². The second kappa shape index (κ2) is 5.57. The Bertz CT molecular complexity index is 582. The van der Waals surface area contributed by atoms with E-state index < -0.39 is 0 Å². The van der Waals surface area contributed by atoms with Gasteiger partial charge in [-0.1, -0.05) is 32.3 Å². The van der Waals surface area contributed by atoms with Crippen molar-refractivity contribution in [1.82, 2.24) is 4.98 Å². The summed E-state index contributed by atoms with van der Waals surface area (Å²) < 4.78 is 5.93. The molecule has 1 aromatic carbocycles. The molecule has 0 radical (unpaired) electrons. The van der Waals surface area contributed by atoms with Crippen molar-refractivity contribution in [2.75, 3.05) is 6.54 Å². The van der Waals surface area contributed by atoms with Crippen molar-refractivity contribution in [3.05, 3.63) is 29.7 Å². The van der Waals surface area contributed by atoms with Gasteiger partial charge >= 0.3 is 0 Å². The van der Waals surface area contributed by atoms with Crippen molar-refractivity contribution in [3.63, 3.8) is 0 Å². The Morgan fingerprint density at radius 3 is 2.75 bits per heavy atom. The van der Waals surface area contributed by atoms with Crippen molar-refractivity contribution < 1.29 is 4.42 Å². The molecule has 0 saturated heterocycles. The Balaban J connectivity index is 1.86. The molecule has 3 nitrogen and oxygen atoms in total. The average Bonchev–Trinajstić information content (AvgIpc) is 2.89. The summed E-state index contributed by atoms with van der Waals surface area (Å²) >= 11 is 0. The van der Waals surface area contributed by atoms with Crippen LogP contribution in [0, 0.1) is 5.41 Å². The predicted molar refractivity (Wildman–Crippen MR) is 81.7 cm³/mol. The molecule has 20 heavy (non-hydrogen) atoms. The molecule has 1 aromatic heterocycles. The van der Waals surface area contributed by atoms with Crippen LogP contribution in [0.4, 0.5) is 0 Å². The fourth-order valence-electron chi connectivity index (χ4n) is 3.39. The molecular formula is C17H24N2O. The summed E-state index contributed by atoms with van der Waals surface area (Å²) in [6, 6.07) is 6.30. The maximum atomic E-state index is 6.06. The zero-order valence-electron chi connectivity index (χ0n) is 12.3. The van der Waals surface area contributed by atoms with Crippen molar-refractivity contribution >= 4 is 11.1 Å². The molecule has 1 heterocycles. The van der Waals surface area contributed by atoms with Gasteiger partial charge in [0.2, 0.25) is 0 Å². The number of rotatable bonds is 4. The van der Waals surface area contributed by atoms with Crippen molar-refractivity contribution in [2.45, 2.75) is 51.9 Å². The van der Waals surface area contributed by atoms with Crippen LogP contribution >= 0.6 is 0 Å². The van der Waals surface area contributed by atoms with Crippen molar-refractivity contribution in [3.8, 4) is 0 Å². The van der Waals surface area contributed by atoms with Gasteiger partial charge in [-0.15, -0.1) is 0 Å². The lowest BCUT2D eigenvalue weighted by molar-refractivity contribution is 0.184. The molecule has 3 rings (SSSR count). The van der Waals surface area contributed by atoms with E-state index in [1.54, 1.807) is 0 Å². The van der Waals surface area contributed by atoms with Crippen LogP contribution in [0.5, 0.6) is 0 Å². The van der Waals surface area contributed by atoms with E-state index in [-0.39, 0.29) is 5.41 Å². The number of fused-ring (bicyclic) bond motifs is 1. The van der Waals surface area contributed by atoms with Crippen molar-refractivity contribution in [1.29, 1.82) is 0 Å². The highest BCUT2D eigenvalue weighted by Gasteiger charge is 2.32. The van der Waals surface area contributed by atoms with Crippen LogP contribution in [-0.4, -0.2) is 11.5 Å². The van der Waals surface area contributed by atoms with Crippen LogP contribution < -0.4 is 5.73 Å². The second-order valence-corrected chi connectivity index (χ2v) is 6.20. The number of hydrogen-bond donors (Lipinski definition) is 1. The first-order chi connectivity index (χ1) is 9.74. The number of nitrogens with two attached hydrogens (primary N) is 1. The summed E-state index contributed by atoms with van der Waals surface area (Å²) in [6.45, 7) is 2.90. The number of benzene rings is 1. The van der Waals surface area contributed by atoms with Crippen LogP contribution in [-0.2, 0) is 12.8 Å². The average molecular weight is 272 g/mol. The Hall–Kier alpha value is -1.35. The Kier molecular flexibility index (Phi) is 3.79. The molecule has 0 aliphatic heterocycles. The Morgan fingerprint density at radius 1 is 1.25 bits per heavy atom. The number of aromatic nitrogens is 1. The van der Waals surface area contributed by atoms with Gasteiger partial charge in [-0.25, -0.2) is 4.98 Å². The number of nitrogens with zero attached hydrogens (tertiary/aromatic N) is 1. The molecule has 0 atom stereocenters. The Morgan fingerprint density at radius 2 is 2.05 bits per heavy atom. The van der Waals surface area contributed by atoms with Gasteiger partial charge in [0.05, 0.1) is 0 Å². The summed E-state index contributed by atoms with van der Waals surface area (Å²) in [6.07, 6.45) is 8.26. The summed E-state index contributed by atoms with van der Waals surface area (Å²) in [5.74, 6) is 0.862. The minimum Gasteiger partial charge on any atom is -0.441 e. The summed E-state index contributed by atoms with van der Waals surface area (Å²) in [5, 5.41) is 0. The number of oxazole rings is 1. The largest absolute Gasteiger partial charge is 0.441 e. The Labute approximate surface area is 120 Å². The lowest BCUT2D eigenvalue weighted by atomic mass is 9.72. The first-order valence-electron chi connectivity index (χ1n) is 7.83. The monoisotopic (exact) mass is 272 g/mol. The molecule has 2 aromatic rings. The lowest BCUT2D eigenvalue weighted by Crippen LogP contribution is -2.35. The molecule has 1 aliphatic carbocycles. The molecule has 2 N–H and O–H groups in total. The predicted octanol–water partition coefficient (Wildman–Crippen LogP) is 3.84. The standard InChI is InChI=1S/C17H24N2O/c1-2-13-6-7-15-14(10-13)19-16(20-15)11-17(12-18)8-4-3-5-9-17/h6-7,10H,2-5,8-9,11-12,18H2,1H3. The second-order valence-electron chi connectivity index (χ2n) is 6.20. The molecule has 1 aliphatic rings. The summed E-state index contributed by atoms with van der Waals surface area (Å²) in [7, 11) is 0. The molecule has 0 bridgehead atoms. The van der Waals surface area contributed by atoms with E-state index in [1.807, 2.05) is 6.07 Å². The number of aryl methyl sites for hydroxylation is 1. The first kappa shape index (κ1) is 13.6. The van der Waals surface area contributed by atoms with Gasteiger partial charge in [-0.05, 0) is 48.9 Å². The SMILES string of the molecule is CCc1ccc2oc(CC3(CN)CCCCC3)nc2c1. The molecule has 0 amide bonds.